The number of benzene rings is 4. The van der Waals surface area contributed by atoms with Crippen LogP contribution in [0.5, 0.6) is 0 Å². The molecule has 2 N–H and O–H groups in total. The third-order valence-electron chi connectivity index (χ3n) is 5.15. The molecular weight excluding hydrogens is 334 g/mol. The Hall–Kier alpha value is -3.72. The van der Waals surface area contributed by atoms with Crippen LogP contribution in [0.1, 0.15) is 31.8 Å². The van der Waals surface area contributed by atoms with Crippen molar-refractivity contribution in [2.75, 3.05) is 5.73 Å². The Labute approximate surface area is 156 Å². The lowest BCUT2D eigenvalue weighted by atomic mass is 9.78. The van der Waals surface area contributed by atoms with Gasteiger partial charge < -0.3 is 5.73 Å². The number of nitrogen functional groups attached to an aromatic ring is 1. The van der Waals surface area contributed by atoms with Crippen LogP contribution in [0.15, 0.2) is 78.9 Å². The molecule has 0 saturated carbocycles. The van der Waals surface area contributed by atoms with E-state index in [0.717, 1.165) is 21.9 Å². The van der Waals surface area contributed by atoms with Gasteiger partial charge in [0.1, 0.15) is 0 Å². The average Bonchev–Trinajstić information content (AvgIpc) is 2.71. The molecule has 128 valence electrons. The van der Waals surface area contributed by atoms with Crippen LogP contribution in [-0.2, 0) is 0 Å². The summed E-state index contributed by atoms with van der Waals surface area (Å²) in [6.45, 7) is 0. The highest BCUT2D eigenvalue weighted by molar-refractivity contribution is 6.33. The van der Waals surface area contributed by atoms with Crippen LogP contribution in [-0.4, -0.2) is 11.6 Å². The monoisotopic (exact) mass is 349 g/mol. The first-order valence-electron chi connectivity index (χ1n) is 8.76. The number of anilines is 1. The Balaban J connectivity index is 1.95. The van der Waals surface area contributed by atoms with E-state index in [9.17, 15) is 9.59 Å². The third kappa shape index (κ3) is 2.15. The number of hydrogen-bond donors (Lipinski definition) is 1. The van der Waals surface area contributed by atoms with E-state index in [4.69, 9.17) is 5.73 Å². The molecule has 0 aliphatic heterocycles. The van der Waals surface area contributed by atoms with Crippen molar-refractivity contribution in [1.29, 1.82) is 0 Å². The zero-order chi connectivity index (χ0) is 18.5. The standard InChI is InChI=1S/C24H15NO2/c25-19-12-6-11-17-21(19)24(27)18-13-15-9-4-5-10-16(15)20(22(18)23(17)26)14-7-2-1-3-8-14/h1-13H,25H2. The highest BCUT2D eigenvalue weighted by Crippen LogP contribution is 2.40. The van der Waals surface area contributed by atoms with Gasteiger partial charge in [0.25, 0.3) is 0 Å². The zero-order valence-electron chi connectivity index (χ0n) is 14.4. The fourth-order valence-electron chi connectivity index (χ4n) is 3.95. The number of nitrogens with two attached hydrogens (primary N) is 1. The molecule has 3 nitrogen and oxygen atoms in total. The van der Waals surface area contributed by atoms with Gasteiger partial charge in [0, 0.05) is 27.9 Å². The SMILES string of the molecule is Nc1cccc2c1C(=O)c1cc3ccccc3c(-c3ccccc3)c1C2=O. The second-order valence-electron chi connectivity index (χ2n) is 6.69. The van der Waals surface area contributed by atoms with Crippen molar-refractivity contribution in [3.8, 4) is 11.1 Å². The van der Waals surface area contributed by atoms with Crippen molar-refractivity contribution in [3.63, 3.8) is 0 Å². The molecule has 4 aromatic rings. The maximum atomic E-state index is 13.4. The van der Waals surface area contributed by atoms with Gasteiger partial charge in [-0.1, -0.05) is 66.7 Å². The molecule has 0 bridgehead atoms. The molecule has 0 amide bonds. The number of carbonyl (C=O) groups is 2. The van der Waals surface area contributed by atoms with Gasteiger partial charge in [-0.15, -0.1) is 0 Å². The van der Waals surface area contributed by atoms with Crippen molar-refractivity contribution >= 4 is 28.0 Å². The van der Waals surface area contributed by atoms with Crippen LogP contribution in [0, 0.1) is 0 Å². The Kier molecular flexibility index (Phi) is 3.25. The molecule has 27 heavy (non-hydrogen) atoms. The molecule has 0 saturated heterocycles. The number of carbonyl (C=O) groups excluding carboxylic acids is 2. The van der Waals surface area contributed by atoms with E-state index < -0.39 is 0 Å². The second kappa shape index (κ2) is 5.64. The molecule has 3 heteroatoms. The Bertz CT molecular complexity index is 1260. The van der Waals surface area contributed by atoms with E-state index >= 15 is 0 Å². The highest BCUT2D eigenvalue weighted by atomic mass is 16.1. The van der Waals surface area contributed by atoms with E-state index in [1.165, 1.54) is 0 Å². The molecule has 0 fully saturated rings. The van der Waals surface area contributed by atoms with Crippen LogP contribution in [0.25, 0.3) is 21.9 Å². The highest BCUT2D eigenvalue weighted by Gasteiger charge is 2.34. The summed E-state index contributed by atoms with van der Waals surface area (Å²) in [5, 5.41) is 1.88. The minimum absolute atomic E-state index is 0.156. The predicted molar refractivity (Wildman–Crippen MR) is 107 cm³/mol. The van der Waals surface area contributed by atoms with Gasteiger partial charge in [-0.05, 0) is 28.5 Å². The Morgan fingerprint density at radius 2 is 1.30 bits per heavy atom. The summed E-state index contributed by atoms with van der Waals surface area (Å²) in [5.41, 5.74) is 9.66. The van der Waals surface area contributed by atoms with Crippen LogP contribution < -0.4 is 5.73 Å². The summed E-state index contributed by atoms with van der Waals surface area (Å²) in [4.78, 5) is 26.7. The van der Waals surface area contributed by atoms with E-state index in [-0.39, 0.29) is 11.6 Å². The fourth-order valence-corrected chi connectivity index (χ4v) is 3.95. The molecule has 4 aromatic carbocycles. The maximum absolute atomic E-state index is 13.4. The Morgan fingerprint density at radius 3 is 2.11 bits per heavy atom. The van der Waals surface area contributed by atoms with Gasteiger partial charge in [-0.2, -0.15) is 0 Å². The molecule has 0 aromatic heterocycles. The summed E-state index contributed by atoms with van der Waals surface area (Å²) in [6, 6.07) is 24.4. The van der Waals surface area contributed by atoms with Gasteiger partial charge in [0.2, 0.25) is 0 Å². The van der Waals surface area contributed by atoms with E-state index in [0.29, 0.717) is 27.9 Å². The van der Waals surface area contributed by atoms with E-state index in [1.807, 2.05) is 60.7 Å². The minimum atomic E-state index is -0.194. The van der Waals surface area contributed by atoms with Gasteiger partial charge in [0.15, 0.2) is 11.6 Å². The number of hydrogen-bond acceptors (Lipinski definition) is 3. The lowest BCUT2D eigenvalue weighted by Gasteiger charge is -2.23. The van der Waals surface area contributed by atoms with Gasteiger partial charge >= 0.3 is 0 Å². The van der Waals surface area contributed by atoms with Gasteiger partial charge in [0.05, 0.1) is 5.56 Å². The molecule has 1 aliphatic rings. The summed E-state index contributed by atoms with van der Waals surface area (Å²) in [7, 11) is 0. The summed E-state index contributed by atoms with van der Waals surface area (Å²) in [6.07, 6.45) is 0. The van der Waals surface area contributed by atoms with Gasteiger partial charge in [-0.25, -0.2) is 0 Å². The molecule has 0 unspecified atom stereocenters. The van der Waals surface area contributed by atoms with E-state index in [1.54, 1.807) is 18.2 Å². The van der Waals surface area contributed by atoms with Crippen LogP contribution in [0.2, 0.25) is 0 Å². The first kappa shape index (κ1) is 15.5. The average molecular weight is 349 g/mol. The number of rotatable bonds is 1. The molecule has 0 spiro atoms. The second-order valence-corrected chi connectivity index (χ2v) is 6.69. The molecule has 1 aliphatic carbocycles. The third-order valence-corrected chi connectivity index (χ3v) is 5.15. The summed E-state index contributed by atoms with van der Waals surface area (Å²) >= 11 is 0. The van der Waals surface area contributed by atoms with Crippen LogP contribution >= 0.6 is 0 Å². The predicted octanol–water partition coefficient (Wildman–Crippen LogP) is 4.86. The quantitative estimate of drug-likeness (QED) is 0.439. The van der Waals surface area contributed by atoms with Crippen molar-refractivity contribution in [2.24, 2.45) is 0 Å². The first-order valence-corrected chi connectivity index (χ1v) is 8.76. The molecule has 5 rings (SSSR count). The van der Waals surface area contributed by atoms with E-state index in [2.05, 4.69) is 0 Å². The molecule has 0 atom stereocenters. The maximum Gasteiger partial charge on any atom is 0.196 e. The number of ketones is 2. The molecular formula is C24H15NO2. The summed E-state index contributed by atoms with van der Waals surface area (Å²) < 4.78 is 0. The normalized spacial score (nSPS) is 12.7. The lowest BCUT2D eigenvalue weighted by Crippen LogP contribution is -2.23. The smallest absolute Gasteiger partial charge is 0.196 e. The molecule has 0 heterocycles. The van der Waals surface area contributed by atoms with Crippen molar-refractivity contribution < 1.29 is 9.59 Å². The first-order chi connectivity index (χ1) is 13.2. The molecule has 0 radical (unpaired) electrons. The number of fused-ring (bicyclic) bond motifs is 3. The van der Waals surface area contributed by atoms with Crippen LogP contribution in [0.4, 0.5) is 5.69 Å². The topological polar surface area (TPSA) is 60.2 Å². The van der Waals surface area contributed by atoms with Crippen molar-refractivity contribution in [1.82, 2.24) is 0 Å². The lowest BCUT2D eigenvalue weighted by molar-refractivity contribution is 0.0980. The zero-order valence-corrected chi connectivity index (χ0v) is 14.4. The minimum Gasteiger partial charge on any atom is -0.398 e. The van der Waals surface area contributed by atoms with Crippen molar-refractivity contribution in [3.05, 3.63) is 101 Å². The largest absolute Gasteiger partial charge is 0.398 e. The summed E-state index contributed by atoms with van der Waals surface area (Å²) in [5.74, 6) is -0.350. The van der Waals surface area contributed by atoms with Crippen LogP contribution in [0.3, 0.4) is 0 Å². The fraction of sp³-hybridized carbons (Fsp3) is 0. The Morgan fingerprint density at radius 1 is 0.593 bits per heavy atom. The van der Waals surface area contributed by atoms with Crippen molar-refractivity contribution in [2.45, 2.75) is 0 Å². The van der Waals surface area contributed by atoms with Gasteiger partial charge in [-0.3, -0.25) is 9.59 Å².